The monoisotopic (exact) mass is 458 g/mol. The zero-order valence-electron chi connectivity index (χ0n) is 14.6. The van der Waals surface area contributed by atoms with E-state index in [0.29, 0.717) is 0 Å². The predicted molar refractivity (Wildman–Crippen MR) is 115 cm³/mol. The van der Waals surface area contributed by atoms with Crippen LogP contribution in [0, 0.1) is 13.8 Å². The summed E-state index contributed by atoms with van der Waals surface area (Å²) in [5, 5.41) is 7.86. The van der Waals surface area contributed by atoms with Crippen molar-refractivity contribution in [2.45, 2.75) is 33.6 Å². The zero-order valence-corrected chi connectivity index (χ0v) is 17.8. The van der Waals surface area contributed by atoms with Gasteiger partial charge in [0.1, 0.15) is 0 Å². The highest BCUT2D eigenvalue weighted by Gasteiger charge is 2.03. The van der Waals surface area contributed by atoms with Crippen LogP contribution in [0.2, 0.25) is 0 Å². The van der Waals surface area contributed by atoms with Gasteiger partial charge in [-0.25, -0.2) is 4.98 Å². The molecule has 0 unspecified atom stereocenters. The van der Waals surface area contributed by atoms with Gasteiger partial charge >= 0.3 is 0 Å². The van der Waals surface area contributed by atoms with E-state index in [9.17, 15) is 0 Å². The van der Waals surface area contributed by atoms with Crippen LogP contribution in [0.3, 0.4) is 0 Å². The molecule has 0 fully saturated rings. The first kappa shape index (κ1) is 20.9. The molecule has 6 heteroatoms. The van der Waals surface area contributed by atoms with Gasteiger partial charge in [0.2, 0.25) is 0 Å². The fourth-order valence-electron chi connectivity index (χ4n) is 2.22. The van der Waals surface area contributed by atoms with E-state index >= 15 is 0 Å². The predicted octanol–water partition coefficient (Wildman–Crippen LogP) is 3.72. The van der Waals surface area contributed by atoms with Crippen LogP contribution in [0.25, 0.3) is 0 Å². The largest absolute Gasteiger partial charge is 0.357 e. The standard InChI is InChI=1S/C18H26N4S.HI/c1-4-19-18(20-12-10-16-8-6-5-7-9-16)21-13-11-17-22-14(2)15(3)23-17;/h5-9H,4,10-13H2,1-3H3,(H2,19,20,21);1H. The number of nitrogens with zero attached hydrogens (tertiary/aromatic N) is 2. The summed E-state index contributed by atoms with van der Waals surface area (Å²) in [6.07, 6.45) is 1.89. The Labute approximate surface area is 166 Å². The Hall–Kier alpha value is -1.15. The molecule has 0 aliphatic heterocycles. The van der Waals surface area contributed by atoms with E-state index in [2.05, 4.69) is 65.6 Å². The first-order valence-corrected chi connectivity index (χ1v) is 8.99. The maximum atomic E-state index is 4.64. The Morgan fingerprint density at radius 3 is 2.50 bits per heavy atom. The lowest BCUT2D eigenvalue weighted by Crippen LogP contribution is -2.38. The van der Waals surface area contributed by atoms with Gasteiger partial charge in [0, 0.05) is 30.9 Å². The van der Waals surface area contributed by atoms with Gasteiger partial charge in [0.15, 0.2) is 5.96 Å². The van der Waals surface area contributed by atoms with Crippen molar-refractivity contribution in [3.05, 3.63) is 51.5 Å². The minimum absolute atomic E-state index is 0. The third-order valence-corrected chi connectivity index (χ3v) is 4.69. The molecule has 2 rings (SSSR count). The molecular formula is C18H27IN4S. The summed E-state index contributed by atoms with van der Waals surface area (Å²) < 4.78 is 0. The van der Waals surface area contributed by atoms with Crippen molar-refractivity contribution in [3.63, 3.8) is 0 Å². The van der Waals surface area contributed by atoms with Crippen molar-refractivity contribution >= 4 is 41.3 Å². The molecule has 2 N–H and O–H groups in total. The lowest BCUT2D eigenvalue weighted by atomic mass is 10.1. The molecule has 1 heterocycles. The van der Waals surface area contributed by atoms with Gasteiger partial charge in [0.05, 0.1) is 10.7 Å². The average Bonchev–Trinajstić information content (AvgIpc) is 2.86. The fourth-order valence-corrected chi connectivity index (χ4v) is 3.14. The number of aliphatic imine (C=N–C) groups is 1. The number of halogens is 1. The lowest BCUT2D eigenvalue weighted by Gasteiger charge is -2.11. The van der Waals surface area contributed by atoms with Gasteiger partial charge in [-0.1, -0.05) is 30.3 Å². The third kappa shape index (κ3) is 7.17. The molecule has 1 aromatic heterocycles. The molecule has 132 valence electrons. The molecule has 1 aromatic carbocycles. The Morgan fingerprint density at radius 1 is 1.12 bits per heavy atom. The van der Waals surface area contributed by atoms with Crippen molar-refractivity contribution in [2.75, 3.05) is 19.6 Å². The van der Waals surface area contributed by atoms with E-state index in [1.54, 1.807) is 11.3 Å². The van der Waals surface area contributed by atoms with Gasteiger partial charge in [-0.2, -0.15) is 0 Å². The van der Waals surface area contributed by atoms with Gasteiger partial charge in [-0.15, -0.1) is 35.3 Å². The van der Waals surface area contributed by atoms with Crippen molar-refractivity contribution in [2.24, 2.45) is 4.99 Å². The van der Waals surface area contributed by atoms with Crippen molar-refractivity contribution in [1.82, 2.24) is 15.6 Å². The summed E-state index contributed by atoms with van der Waals surface area (Å²) >= 11 is 1.77. The summed E-state index contributed by atoms with van der Waals surface area (Å²) in [6.45, 7) is 8.77. The summed E-state index contributed by atoms with van der Waals surface area (Å²) in [5.41, 5.74) is 2.48. The van der Waals surface area contributed by atoms with E-state index in [0.717, 1.165) is 44.1 Å². The van der Waals surface area contributed by atoms with Crippen molar-refractivity contribution < 1.29 is 0 Å². The number of aryl methyl sites for hydroxylation is 2. The number of thiazole rings is 1. The molecular weight excluding hydrogens is 431 g/mol. The van der Waals surface area contributed by atoms with E-state index in [1.807, 2.05) is 6.07 Å². The minimum Gasteiger partial charge on any atom is -0.357 e. The number of aromatic nitrogens is 1. The highest BCUT2D eigenvalue weighted by molar-refractivity contribution is 14.0. The minimum atomic E-state index is 0. The number of nitrogens with one attached hydrogen (secondary N) is 2. The quantitative estimate of drug-likeness (QED) is 0.378. The average molecular weight is 458 g/mol. The van der Waals surface area contributed by atoms with Crippen LogP contribution in [0.1, 0.15) is 28.1 Å². The van der Waals surface area contributed by atoms with Crippen LogP contribution in [-0.4, -0.2) is 30.6 Å². The van der Waals surface area contributed by atoms with Crippen LogP contribution in [0.5, 0.6) is 0 Å². The second kappa shape index (κ2) is 11.4. The van der Waals surface area contributed by atoms with Crippen LogP contribution >= 0.6 is 35.3 Å². The Morgan fingerprint density at radius 2 is 1.88 bits per heavy atom. The SMILES string of the molecule is CCNC(=NCCc1nc(C)c(C)s1)NCCc1ccccc1.I. The van der Waals surface area contributed by atoms with Crippen LogP contribution < -0.4 is 10.6 Å². The molecule has 0 amide bonds. The molecule has 0 atom stereocenters. The second-order valence-corrected chi connectivity index (χ2v) is 6.71. The number of rotatable bonds is 7. The van der Waals surface area contributed by atoms with E-state index in [1.165, 1.54) is 15.4 Å². The number of hydrogen-bond donors (Lipinski definition) is 2. The number of guanidine groups is 1. The molecule has 24 heavy (non-hydrogen) atoms. The summed E-state index contributed by atoms with van der Waals surface area (Å²) in [7, 11) is 0. The van der Waals surface area contributed by atoms with Gasteiger partial charge < -0.3 is 10.6 Å². The zero-order chi connectivity index (χ0) is 16.5. The fraction of sp³-hybridized carbons (Fsp3) is 0.444. The van der Waals surface area contributed by atoms with E-state index in [-0.39, 0.29) is 24.0 Å². The maximum absolute atomic E-state index is 4.64. The molecule has 0 bridgehead atoms. The normalized spacial score (nSPS) is 11.0. The molecule has 0 radical (unpaired) electrons. The first-order valence-electron chi connectivity index (χ1n) is 8.18. The molecule has 0 aliphatic carbocycles. The first-order chi connectivity index (χ1) is 11.2. The maximum Gasteiger partial charge on any atom is 0.191 e. The Kier molecular flexibility index (Phi) is 9.94. The smallest absolute Gasteiger partial charge is 0.191 e. The molecule has 0 saturated carbocycles. The summed E-state index contributed by atoms with van der Waals surface area (Å²) in [5.74, 6) is 0.883. The Balaban J connectivity index is 0.00000288. The van der Waals surface area contributed by atoms with Crippen LogP contribution in [0.15, 0.2) is 35.3 Å². The summed E-state index contributed by atoms with van der Waals surface area (Å²) in [4.78, 5) is 10.5. The second-order valence-electron chi connectivity index (χ2n) is 5.42. The third-order valence-electron chi connectivity index (χ3n) is 3.56. The number of hydrogen-bond acceptors (Lipinski definition) is 3. The van der Waals surface area contributed by atoms with Crippen molar-refractivity contribution in [1.29, 1.82) is 0 Å². The van der Waals surface area contributed by atoms with Crippen LogP contribution in [0.4, 0.5) is 0 Å². The topological polar surface area (TPSA) is 49.3 Å². The van der Waals surface area contributed by atoms with Gasteiger partial charge in [0.25, 0.3) is 0 Å². The lowest BCUT2D eigenvalue weighted by molar-refractivity contribution is 0.796. The molecule has 2 aromatic rings. The van der Waals surface area contributed by atoms with E-state index in [4.69, 9.17) is 0 Å². The molecule has 4 nitrogen and oxygen atoms in total. The van der Waals surface area contributed by atoms with Crippen LogP contribution in [-0.2, 0) is 12.8 Å². The van der Waals surface area contributed by atoms with Gasteiger partial charge in [-0.3, -0.25) is 4.99 Å². The summed E-state index contributed by atoms with van der Waals surface area (Å²) in [6, 6.07) is 10.5. The molecule has 0 aliphatic rings. The number of benzene rings is 1. The highest BCUT2D eigenvalue weighted by atomic mass is 127. The van der Waals surface area contributed by atoms with Crippen molar-refractivity contribution in [3.8, 4) is 0 Å². The van der Waals surface area contributed by atoms with E-state index < -0.39 is 0 Å². The van der Waals surface area contributed by atoms with Gasteiger partial charge in [-0.05, 0) is 32.8 Å². The molecule has 0 spiro atoms. The Bertz CT molecular complexity index is 606. The molecule has 0 saturated heterocycles. The highest BCUT2D eigenvalue weighted by Crippen LogP contribution is 2.16.